The number of halogens is 1. The molecule has 0 atom stereocenters. The number of carboxylic acid groups (broad SMARTS) is 1. The molecule has 1 aromatic rings. The van der Waals surface area contributed by atoms with Gasteiger partial charge in [0.1, 0.15) is 0 Å². The predicted octanol–water partition coefficient (Wildman–Crippen LogP) is 3.43. The number of hydrogen-bond acceptors (Lipinski definition) is 3. The second kappa shape index (κ2) is 7.09. The van der Waals surface area contributed by atoms with Gasteiger partial charge in [-0.05, 0) is 38.1 Å². The Labute approximate surface area is 128 Å². The molecule has 110 valence electrons. The molecule has 0 aromatic heterocycles. The molecule has 0 amide bonds. The highest BCUT2D eigenvalue weighted by molar-refractivity contribution is 9.10. The number of nitrogens with one attached hydrogen (secondary N) is 1. The van der Waals surface area contributed by atoms with E-state index >= 15 is 0 Å². The lowest BCUT2D eigenvalue weighted by Crippen LogP contribution is -2.33. The minimum absolute atomic E-state index is 0.316. The van der Waals surface area contributed by atoms with Crippen LogP contribution in [0.5, 0.6) is 0 Å². The Bertz CT molecular complexity index is 473. The molecule has 1 aliphatic carbocycles. The van der Waals surface area contributed by atoms with Crippen molar-refractivity contribution in [2.75, 3.05) is 25.5 Å². The Morgan fingerprint density at radius 3 is 2.80 bits per heavy atom. The van der Waals surface area contributed by atoms with E-state index < -0.39 is 5.97 Å². The topological polar surface area (TPSA) is 52.6 Å². The van der Waals surface area contributed by atoms with E-state index in [9.17, 15) is 9.90 Å². The van der Waals surface area contributed by atoms with Crippen LogP contribution in [-0.4, -0.2) is 42.2 Å². The fourth-order valence-corrected chi connectivity index (χ4v) is 3.10. The lowest BCUT2D eigenvalue weighted by Gasteiger charge is -2.24. The van der Waals surface area contributed by atoms with Crippen LogP contribution in [-0.2, 0) is 0 Å². The van der Waals surface area contributed by atoms with Crippen LogP contribution in [0, 0.1) is 0 Å². The van der Waals surface area contributed by atoms with Crippen molar-refractivity contribution in [3.63, 3.8) is 0 Å². The van der Waals surface area contributed by atoms with E-state index in [4.69, 9.17) is 0 Å². The van der Waals surface area contributed by atoms with Crippen LogP contribution in [0.3, 0.4) is 0 Å². The first-order chi connectivity index (χ1) is 9.58. The quantitative estimate of drug-likeness (QED) is 0.832. The van der Waals surface area contributed by atoms with E-state index in [1.54, 1.807) is 12.1 Å². The molecule has 1 aliphatic rings. The van der Waals surface area contributed by atoms with Gasteiger partial charge in [0.15, 0.2) is 0 Å². The third-order valence-corrected chi connectivity index (χ3v) is 4.43. The van der Waals surface area contributed by atoms with E-state index in [-0.39, 0.29) is 0 Å². The smallest absolute Gasteiger partial charge is 0.337 e. The maximum absolute atomic E-state index is 11.2. The van der Waals surface area contributed by atoms with Crippen molar-refractivity contribution in [3.05, 3.63) is 28.2 Å². The third kappa shape index (κ3) is 3.96. The summed E-state index contributed by atoms with van der Waals surface area (Å²) in [6.45, 7) is 1.68. The molecule has 4 nitrogen and oxygen atoms in total. The minimum Gasteiger partial charge on any atom is -0.478 e. The summed E-state index contributed by atoms with van der Waals surface area (Å²) in [4.78, 5) is 13.5. The molecule has 1 saturated carbocycles. The van der Waals surface area contributed by atoms with Crippen LogP contribution in [0.15, 0.2) is 22.7 Å². The number of anilines is 1. The van der Waals surface area contributed by atoms with Gasteiger partial charge in [-0.3, -0.25) is 0 Å². The number of benzene rings is 1. The van der Waals surface area contributed by atoms with Gasteiger partial charge in [-0.25, -0.2) is 4.79 Å². The molecule has 1 fully saturated rings. The van der Waals surface area contributed by atoms with Crippen molar-refractivity contribution in [1.82, 2.24) is 4.90 Å². The monoisotopic (exact) mass is 340 g/mol. The number of hydrogen-bond donors (Lipinski definition) is 2. The average Bonchev–Trinajstić information content (AvgIpc) is 2.92. The molecule has 20 heavy (non-hydrogen) atoms. The maximum atomic E-state index is 11.2. The van der Waals surface area contributed by atoms with Crippen molar-refractivity contribution in [2.24, 2.45) is 0 Å². The van der Waals surface area contributed by atoms with Gasteiger partial charge in [-0.15, -0.1) is 0 Å². The maximum Gasteiger partial charge on any atom is 0.337 e. The molecule has 2 rings (SSSR count). The Hall–Kier alpha value is -1.07. The molecule has 5 heteroatoms. The van der Waals surface area contributed by atoms with Gasteiger partial charge >= 0.3 is 5.97 Å². The number of likely N-dealkylation sites (N-methyl/N-ethyl adjacent to an activating group) is 1. The van der Waals surface area contributed by atoms with Crippen LogP contribution >= 0.6 is 15.9 Å². The lowest BCUT2D eigenvalue weighted by molar-refractivity contribution is 0.0698. The van der Waals surface area contributed by atoms with Gasteiger partial charge in [-0.2, -0.15) is 0 Å². The van der Waals surface area contributed by atoms with Gasteiger partial charge in [0.25, 0.3) is 0 Å². The summed E-state index contributed by atoms with van der Waals surface area (Å²) >= 11 is 3.38. The molecule has 1 aromatic carbocycles. The average molecular weight is 341 g/mol. The van der Waals surface area contributed by atoms with Crippen molar-refractivity contribution in [1.29, 1.82) is 0 Å². The van der Waals surface area contributed by atoms with Crippen LogP contribution in [0.2, 0.25) is 0 Å². The summed E-state index contributed by atoms with van der Waals surface area (Å²) < 4.78 is 0.883. The minimum atomic E-state index is -0.899. The molecule has 2 N–H and O–H groups in total. The Morgan fingerprint density at radius 1 is 1.45 bits per heavy atom. The number of rotatable bonds is 6. The SMILES string of the molecule is CN(CCNc1cc(Br)ccc1C(=O)O)C1CCCC1. The normalized spacial score (nSPS) is 15.8. The summed E-state index contributed by atoms with van der Waals surface area (Å²) in [5, 5.41) is 12.4. The van der Waals surface area contributed by atoms with Crippen LogP contribution in [0.1, 0.15) is 36.0 Å². The number of nitrogens with zero attached hydrogens (tertiary/aromatic N) is 1. The fraction of sp³-hybridized carbons (Fsp3) is 0.533. The molecule has 0 heterocycles. The third-order valence-electron chi connectivity index (χ3n) is 3.94. The number of carbonyl (C=O) groups is 1. The first-order valence-electron chi connectivity index (χ1n) is 7.05. The Morgan fingerprint density at radius 2 is 2.15 bits per heavy atom. The zero-order valence-corrected chi connectivity index (χ0v) is 13.3. The summed E-state index contributed by atoms with van der Waals surface area (Å²) in [7, 11) is 2.15. The highest BCUT2D eigenvalue weighted by Crippen LogP contribution is 2.23. The second-order valence-corrected chi connectivity index (χ2v) is 6.26. The van der Waals surface area contributed by atoms with Crippen LogP contribution < -0.4 is 5.32 Å². The zero-order valence-electron chi connectivity index (χ0n) is 11.7. The summed E-state index contributed by atoms with van der Waals surface area (Å²) in [6, 6.07) is 5.88. The molecule has 0 radical (unpaired) electrons. The van der Waals surface area contributed by atoms with Crippen molar-refractivity contribution in [3.8, 4) is 0 Å². The van der Waals surface area contributed by atoms with Crippen LogP contribution in [0.25, 0.3) is 0 Å². The van der Waals surface area contributed by atoms with Gasteiger partial charge in [0.05, 0.1) is 5.56 Å². The fourth-order valence-electron chi connectivity index (χ4n) is 2.74. The summed E-state index contributed by atoms with van der Waals surface area (Å²) in [6.07, 6.45) is 5.23. The van der Waals surface area contributed by atoms with Gasteiger partial charge in [0.2, 0.25) is 0 Å². The first kappa shape index (κ1) is 15.3. The molecular formula is C15H21BrN2O2. The Balaban J connectivity index is 1.90. The Kier molecular flexibility index (Phi) is 5.43. The van der Waals surface area contributed by atoms with Gasteiger partial charge < -0.3 is 15.3 Å². The van der Waals surface area contributed by atoms with E-state index in [1.165, 1.54) is 25.7 Å². The predicted molar refractivity (Wildman–Crippen MR) is 84.5 cm³/mol. The number of carboxylic acids is 1. The largest absolute Gasteiger partial charge is 0.478 e. The first-order valence-corrected chi connectivity index (χ1v) is 7.84. The summed E-state index contributed by atoms with van der Waals surface area (Å²) in [5.41, 5.74) is 0.989. The highest BCUT2D eigenvalue weighted by Gasteiger charge is 2.19. The van der Waals surface area contributed by atoms with Crippen molar-refractivity contribution >= 4 is 27.6 Å². The van der Waals surface area contributed by atoms with Gasteiger partial charge in [-0.1, -0.05) is 28.8 Å². The molecule has 0 spiro atoms. The molecule has 0 aliphatic heterocycles. The second-order valence-electron chi connectivity index (χ2n) is 5.34. The standard InChI is InChI=1S/C15H21BrN2O2/c1-18(12-4-2-3-5-12)9-8-17-14-10-11(16)6-7-13(14)15(19)20/h6-7,10,12,17H,2-5,8-9H2,1H3,(H,19,20). The van der Waals surface area contributed by atoms with Gasteiger partial charge in [0, 0.05) is 29.3 Å². The van der Waals surface area contributed by atoms with Crippen LogP contribution in [0.4, 0.5) is 5.69 Å². The lowest BCUT2D eigenvalue weighted by atomic mass is 10.2. The van der Waals surface area contributed by atoms with Crippen molar-refractivity contribution < 1.29 is 9.90 Å². The van der Waals surface area contributed by atoms with E-state index in [0.717, 1.165) is 17.6 Å². The number of aromatic carboxylic acids is 1. The molecule has 0 unspecified atom stereocenters. The van der Waals surface area contributed by atoms with E-state index in [2.05, 4.69) is 33.2 Å². The summed E-state index contributed by atoms with van der Waals surface area (Å²) in [5.74, 6) is -0.899. The molecule has 0 saturated heterocycles. The van der Waals surface area contributed by atoms with E-state index in [0.29, 0.717) is 17.3 Å². The zero-order chi connectivity index (χ0) is 14.5. The molecular weight excluding hydrogens is 320 g/mol. The van der Waals surface area contributed by atoms with Crippen molar-refractivity contribution in [2.45, 2.75) is 31.7 Å². The van der Waals surface area contributed by atoms with E-state index in [1.807, 2.05) is 6.07 Å². The molecule has 0 bridgehead atoms. The highest BCUT2D eigenvalue weighted by atomic mass is 79.9.